The number of ether oxygens (including phenoxy) is 1. The molecule has 0 aliphatic carbocycles. The van der Waals surface area contributed by atoms with Crippen LogP contribution in [-0.4, -0.2) is 13.2 Å². The molecule has 2 N–H and O–H groups in total. The third kappa shape index (κ3) is 2.65. The Bertz CT molecular complexity index is 495. The number of furan rings is 1. The Morgan fingerprint density at radius 1 is 1.47 bits per heavy atom. The fourth-order valence-corrected chi connectivity index (χ4v) is 1.67. The van der Waals surface area contributed by atoms with E-state index in [0.29, 0.717) is 19.0 Å². The van der Waals surface area contributed by atoms with Crippen LogP contribution in [0.5, 0.6) is 0 Å². The first-order chi connectivity index (χ1) is 8.22. The fourth-order valence-electron chi connectivity index (χ4n) is 1.67. The second-order valence-corrected chi connectivity index (χ2v) is 3.99. The van der Waals surface area contributed by atoms with E-state index in [1.54, 1.807) is 18.2 Å². The van der Waals surface area contributed by atoms with Crippen LogP contribution in [-0.2, 0) is 4.74 Å². The highest BCUT2D eigenvalue weighted by Gasteiger charge is 2.14. The van der Waals surface area contributed by atoms with Crippen molar-refractivity contribution in [1.29, 1.82) is 0 Å². The van der Waals surface area contributed by atoms with Crippen LogP contribution in [0.1, 0.15) is 25.1 Å². The average Bonchev–Trinajstić information content (AvgIpc) is 2.75. The highest BCUT2D eigenvalue weighted by Crippen LogP contribution is 2.25. The Morgan fingerprint density at radius 2 is 2.29 bits per heavy atom. The molecule has 0 aliphatic rings. The van der Waals surface area contributed by atoms with E-state index in [9.17, 15) is 4.39 Å². The van der Waals surface area contributed by atoms with Crippen LogP contribution in [0.2, 0.25) is 0 Å². The minimum absolute atomic E-state index is 0.258. The summed E-state index contributed by atoms with van der Waals surface area (Å²) < 4.78 is 24.2. The third-order valence-electron chi connectivity index (χ3n) is 2.53. The molecular weight excluding hydrogens is 221 g/mol. The lowest BCUT2D eigenvalue weighted by molar-refractivity contribution is 0.116. The van der Waals surface area contributed by atoms with Gasteiger partial charge in [-0.25, -0.2) is 4.39 Å². The molecule has 0 fully saturated rings. The third-order valence-corrected chi connectivity index (χ3v) is 2.53. The lowest BCUT2D eigenvalue weighted by atomic mass is 10.2. The number of hydrogen-bond acceptors (Lipinski definition) is 3. The second kappa shape index (κ2) is 5.29. The molecule has 1 aromatic heterocycles. The van der Waals surface area contributed by atoms with E-state index in [1.165, 1.54) is 6.07 Å². The molecule has 0 saturated heterocycles. The van der Waals surface area contributed by atoms with Crippen LogP contribution in [0.25, 0.3) is 11.0 Å². The molecule has 17 heavy (non-hydrogen) atoms. The number of benzene rings is 1. The van der Waals surface area contributed by atoms with Gasteiger partial charge in [-0.15, -0.1) is 0 Å². The van der Waals surface area contributed by atoms with Gasteiger partial charge in [0.1, 0.15) is 5.76 Å². The summed E-state index contributed by atoms with van der Waals surface area (Å²) in [4.78, 5) is 0. The Labute approximate surface area is 99.4 Å². The minimum Gasteiger partial charge on any atom is -0.456 e. The molecule has 1 aromatic carbocycles. The van der Waals surface area contributed by atoms with Crippen molar-refractivity contribution in [2.24, 2.45) is 5.73 Å². The van der Waals surface area contributed by atoms with Crippen LogP contribution in [0, 0.1) is 5.82 Å². The normalized spacial score (nSPS) is 13.1. The summed E-state index contributed by atoms with van der Waals surface area (Å²) in [5.74, 6) is 0.191. The molecule has 0 spiro atoms. The monoisotopic (exact) mass is 237 g/mol. The van der Waals surface area contributed by atoms with Crippen molar-refractivity contribution in [3.05, 3.63) is 35.8 Å². The summed E-state index contributed by atoms with van der Waals surface area (Å²) in [6, 6.07) is 6.22. The standard InChI is InChI=1S/C13H16FNO2/c1-2-6-16-8-11(15)12-7-9-4-3-5-10(14)13(9)17-12/h3-5,7,11H,2,6,8,15H2,1H3. The summed E-state index contributed by atoms with van der Waals surface area (Å²) in [6.07, 6.45) is 0.946. The Kier molecular flexibility index (Phi) is 3.76. The molecule has 1 heterocycles. The molecule has 4 heteroatoms. The van der Waals surface area contributed by atoms with Gasteiger partial charge in [0.05, 0.1) is 12.6 Å². The van der Waals surface area contributed by atoms with Crippen molar-refractivity contribution < 1.29 is 13.5 Å². The zero-order valence-corrected chi connectivity index (χ0v) is 9.78. The van der Waals surface area contributed by atoms with E-state index in [0.717, 1.165) is 11.8 Å². The number of nitrogens with two attached hydrogens (primary N) is 1. The molecule has 0 bridgehead atoms. The summed E-state index contributed by atoms with van der Waals surface area (Å²) >= 11 is 0. The summed E-state index contributed by atoms with van der Waals surface area (Å²) in [5.41, 5.74) is 6.17. The molecule has 3 nitrogen and oxygen atoms in total. The molecule has 1 unspecified atom stereocenters. The first-order valence-electron chi connectivity index (χ1n) is 5.73. The van der Waals surface area contributed by atoms with E-state index < -0.39 is 0 Å². The predicted molar refractivity (Wildman–Crippen MR) is 64.2 cm³/mol. The van der Waals surface area contributed by atoms with Gasteiger partial charge < -0.3 is 14.9 Å². The quantitative estimate of drug-likeness (QED) is 0.813. The largest absolute Gasteiger partial charge is 0.456 e. The van der Waals surface area contributed by atoms with Gasteiger partial charge >= 0.3 is 0 Å². The van der Waals surface area contributed by atoms with Crippen molar-refractivity contribution in [3.63, 3.8) is 0 Å². The summed E-state index contributed by atoms with van der Waals surface area (Å²) in [6.45, 7) is 3.08. The van der Waals surface area contributed by atoms with Gasteiger partial charge in [-0.1, -0.05) is 19.1 Å². The van der Waals surface area contributed by atoms with Gasteiger partial charge in [-0.05, 0) is 18.6 Å². The number of para-hydroxylation sites is 1. The molecule has 2 aromatic rings. The minimum atomic E-state index is -0.365. The smallest absolute Gasteiger partial charge is 0.169 e. The number of rotatable bonds is 5. The van der Waals surface area contributed by atoms with Crippen molar-refractivity contribution in [2.45, 2.75) is 19.4 Å². The van der Waals surface area contributed by atoms with Crippen LogP contribution < -0.4 is 5.73 Å². The summed E-state index contributed by atoms with van der Waals surface area (Å²) in [7, 11) is 0. The topological polar surface area (TPSA) is 48.4 Å². The van der Waals surface area contributed by atoms with E-state index in [4.69, 9.17) is 14.9 Å². The lowest BCUT2D eigenvalue weighted by Gasteiger charge is -2.08. The highest BCUT2D eigenvalue weighted by molar-refractivity contribution is 5.78. The van der Waals surface area contributed by atoms with Gasteiger partial charge in [-0.3, -0.25) is 0 Å². The molecule has 1 atom stereocenters. The van der Waals surface area contributed by atoms with E-state index in [2.05, 4.69) is 0 Å². The lowest BCUT2D eigenvalue weighted by Crippen LogP contribution is -2.16. The Balaban J connectivity index is 2.16. The van der Waals surface area contributed by atoms with E-state index >= 15 is 0 Å². The molecule has 92 valence electrons. The van der Waals surface area contributed by atoms with Gasteiger partial charge in [0.15, 0.2) is 11.4 Å². The number of hydrogen-bond donors (Lipinski definition) is 1. The number of fused-ring (bicyclic) bond motifs is 1. The van der Waals surface area contributed by atoms with Gasteiger partial charge in [0.25, 0.3) is 0 Å². The van der Waals surface area contributed by atoms with Crippen LogP contribution in [0.3, 0.4) is 0 Å². The summed E-state index contributed by atoms with van der Waals surface area (Å²) in [5, 5.41) is 0.728. The second-order valence-electron chi connectivity index (χ2n) is 3.99. The molecular formula is C13H16FNO2. The van der Waals surface area contributed by atoms with E-state index in [1.807, 2.05) is 6.92 Å². The maximum Gasteiger partial charge on any atom is 0.169 e. The molecule has 2 rings (SSSR count). The molecule has 0 amide bonds. The van der Waals surface area contributed by atoms with Crippen LogP contribution >= 0.6 is 0 Å². The van der Waals surface area contributed by atoms with Gasteiger partial charge in [0, 0.05) is 12.0 Å². The van der Waals surface area contributed by atoms with Crippen molar-refractivity contribution in [2.75, 3.05) is 13.2 Å². The maximum absolute atomic E-state index is 13.4. The van der Waals surface area contributed by atoms with Crippen LogP contribution in [0.4, 0.5) is 4.39 Å². The predicted octanol–water partition coefficient (Wildman–Crippen LogP) is 3.00. The SMILES string of the molecule is CCCOCC(N)c1cc2cccc(F)c2o1. The van der Waals surface area contributed by atoms with Gasteiger partial charge in [0.2, 0.25) is 0 Å². The highest BCUT2D eigenvalue weighted by atomic mass is 19.1. The maximum atomic E-state index is 13.4. The Hall–Kier alpha value is -1.39. The fraction of sp³-hybridized carbons (Fsp3) is 0.385. The Morgan fingerprint density at radius 3 is 3.00 bits per heavy atom. The molecule has 0 saturated carbocycles. The zero-order chi connectivity index (χ0) is 12.3. The first-order valence-corrected chi connectivity index (χ1v) is 5.73. The van der Waals surface area contributed by atoms with E-state index in [-0.39, 0.29) is 17.4 Å². The first kappa shape index (κ1) is 12.1. The molecule has 0 aliphatic heterocycles. The molecule has 0 radical (unpaired) electrons. The number of halogens is 1. The van der Waals surface area contributed by atoms with Crippen molar-refractivity contribution in [3.8, 4) is 0 Å². The van der Waals surface area contributed by atoms with Gasteiger partial charge in [-0.2, -0.15) is 0 Å². The average molecular weight is 237 g/mol. The van der Waals surface area contributed by atoms with Crippen LogP contribution in [0.15, 0.2) is 28.7 Å². The van der Waals surface area contributed by atoms with Crippen molar-refractivity contribution >= 4 is 11.0 Å². The van der Waals surface area contributed by atoms with Crippen molar-refractivity contribution in [1.82, 2.24) is 0 Å². The zero-order valence-electron chi connectivity index (χ0n) is 9.78.